The molecule has 0 amide bonds. The van der Waals surface area contributed by atoms with Crippen molar-refractivity contribution in [1.29, 1.82) is 0 Å². The lowest BCUT2D eigenvalue weighted by atomic mass is 10.2. The predicted octanol–water partition coefficient (Wildman–Crippen LogP) is 2.20. The minimum atomic E-state index is -3.72. The average Bonchev–Trinajstić information content (AvgIpc) is 3.43. The van der Waals surface area contributed by atoms with Crippen molar-refractivity contribution in [2.24, 2.45) is 0 Å². The third-order valence-electron chi connectivity index (χ3n) is 4.90. The first-order chi connectivity index (χ1) is 14.7. The van der Waals surface area contributed by atoms with E-state index in [1.54, 1.807) is 36.8 Å². The maximum Gasteiger partial charge on any atom is 0.317 e. The topological polar surface area (TPSA) is 107 Å². The van der Waals surface area contributed by atoms with Crippen molar-refractivity contribution >= 4 is 32.4 Å². The zero-order chi connectivity index (χ0) is 22.3. The van der Waals surface area contributed by atoms with Crippen LogP contribution in [0.2, 0.25) is 0 Å². The van der Waals surface area contributed by atoms with Gasteiger partial charge in [-0.1, -0.05) is 0 Å². The van der Waals surface area contributed by atoms with Gasteiger partial charge in [0.15, 0.2) is 10.8 Å². The Morgan fingerprint density at radius 2 is 1.84 bits per heavy atom. The molecule has 4 rings (SSSR count). The molecule has 4 aromatic rings. The van der Waals surface area contributed by atoms with Crippen molar-refractivity contribution in [2.45, 2.75) is 24.9 Å². The third kappa shape index (κ3) is 3.64. The zero-order valence-electron chi connectivity index (χ0n) is 17.1. The maximum absolute atomic E-state index is 12.9. The summed E-state index contributed by atoms with van der Waals surface area (Å²) in [5.41, 5.74) is -0.0106. The van der Waals surface area contributed by atoms with Gasteiger partial charge in [-0.2, -0.15) is 0 Å². The fraction of sp³-hybridized carbons (Fsp3) is 0.250. The van der Waals surface area contributed by atoms with E-state index in [0.29, 0.717) is 27.5 Å². The van der Waals surface area contributed by atoms with E-state index in [1.165, 1.54) is 46.7 Å². The van der Waals surface area contributed by atoms with E-state index < -0.39 is 21.1 Å². The van der Waals surface area contributed by atoms with Gasteiger partial charge in [-0.15, -0.1) is 11.3 Å². The molecular formula is C20H20N4O5S2. The molecule has 0 aliphatic heterocycles. The van der Waals surface area contributed by atoms with E-state index in [2.05, 4.69) is 4.98 Å². The van der Waals surface area contributed by atoms with E-state index in [1.807, 2.05) is 0 Å². The number of benzene rings is 1. The monoisotopic (exact) mass is 460 g/mol. The van der Waals surface area contributed by atoms with Gasteiger partial charge >= 0.3 is 11.1 Å². The van der Waals surface area contributed by atoms with Gasteiger partial charge in [-0.05, 0) is 37.3 Å². The number of hydrogen-bond donors (Lipinski definition) is 0. The Kier molecular flexibility index (Phi) is 5.42. The van der Waals surface area contributed by atoms with Crippen molar-refractivity contribution < 1.29 is 12.8 Å². The normalized spacial score (nSPS) is 12.1. The molecule has 31 heavy (non-hydrogen) atoms. The minimum absolute atomic E-state index is 0.0256. The minimum Gasteiger partial charge on any atom is -0.462 e. The van der Waals surface area contributed by atoms with Gasteiger partial charge in [-0.3, -0.25) is 14.2 Å². The van der Waals surface area contributed by atoms with Crippen LogP contribution in [-0.2, 0) is 23.1 Å². The predicted molar refractivity (Wildman–Crippen MR) is 118 cm³/mol. The van der Waals surface area contributed by atoms with Crippen LogP contribution in [0.25, 0.3) is 21.8 Å². The quantitative estimate of drug-likeness (QED) is 0.408. The van der Waals surface area contributed by atoms with Crippen LogP contribution in [-0.4, -0.2) is 40.9 Å². The van der Waals surface area contributed by atoms with Gasteiger partial charge in [0.05, 0.1) is 34.4 Å². The summed E-state index contributed by atoms with van der Waals surface area (Å²) in [5, 5.41) is 2.43. The third-order valence-corrected chi connectivity index (χ3v) is 7.62. The molecule has 11 heteroatoms. The second-order valence-corrected chi connectivity index (χ2v) is 10.0. The molecule has 0 unspecified atom stereocenters. The second-order valence-electron chi connectivity index (χ2n) is 7.00. The number of hydrogen-bond acceptors (Lipinski definition) is 7. The summed E-state index contributed by atoms with van der Waals surface area (Å²) in [6.07, 6.45) is 1.55. The van der Waals surface area contributed by atoms with Gasteiger partial charge in [0.2, 0.25) is 10.0 Å². The highest BCUT2D eigenvalue weighted by molar-refractivity contribution is 7.89. The fourth-order valence-electron chi connectivity index (χ4n) is 3.29. The average molecular weight is 461 g/mol. The molecule has 0 aliphatic rings. The number of thiazole rings is 1. The molecule has 1 aromatic carbocycles. The molecule has 0 spiro atoms. The Balaban J connectivity index is 1.92. The summed E-state index contributed by atoms with van der Waals surface area (Å²) >= 11 is 1.35. The van der Waals surface area contributed by atoms with Crippen LogP contribution in [0.1, 0.15) is 12.6 Å². The smallest absolute Gasteiger partial charge is 0.317 e. The number of aryl methyl sites for hydroxylation is 1. The lowest BCUT2D eigenvalue weighted by molar-refractivity contribution is 0.520. The molecule has 3 heterocycles. The van der Waals surface area contributed by atoms with Gasteiger partial charge in [0, 0.05) is 26.0 Å². The lowest BCUT2D eigenvalue weighted by Crippen LogP contribution is -2.41. The molecule has 0 N–H and O–H groups in total. The molecule has 9 nitrogen and oxygen atoms in total. The van der Waals surface area contributed by atoms with Crippen molar-refractivity contribution in [3.05, 3.63) is 68.4 Å². The molecule has 3 aromatic heterocycles. The van der Waals surface area contributed by atoms with Crippen LogP contribution in [0.3, 0.4) is 0 Å². The van der Waals surface area contributed by atoms with Crippen LogP contribution in [0.5, 0.6) is 0 Å². The molecule has 0 fully saturated rings. The highest BCUT2D eigenvalue weighted by atomic mass is 32.2. The maximum atomic E-state index is 12.9. The number of rotatable bonds is 6. The summed E-state index contributed by atoms with van der Waals surface area (Å²) in [5.74, 6) is 0.606. The molecule has 0 bridgehead atoms. The Bertz CT molecular complexity index is 1480. The van der Waals surface area contributed by atoms with Crippen molar-refractivity contribution in [1.82, 2.24) is 18.4 Å². The molecule has 0 radical (unpaired) electrons. The van der Waals surface area contributed by atoms with Crippen molar-refractivity contribution in [3.8, 4) is 10.8 Å². The Labute approximate surface area is 181 Å². The highest BCUT2D eigenvalue weighted by Gasteiger charge is 2.21. The molecule has 0 saturated heterocycles. The molecule has 162 valence electrons. The van der Waals surface area contributed by atoms with E-state index in [0.717, 1.165) is 4.31 Å². The van der Waals surface area contributed by atoms with Gasteiger partial charge in [0.1, 0.15) is 0 Å². The summed E-state index contributed by atoms with van der Waals surface area (Å²) in [4.78, 5) is 30.1. The first-order valence-electron chi connectivity index (χ1n) is 9.42. The van der Waals surface area contributed by atoms with Crippen LogP contribution in [0.15, 0.2) is 60.9 Å². The molecule has 0 atom stereocenters. The first-order valence-corrected chi connectivity index (χ1v) is 11.7. The largest absolute Gasteiger partial charge is 0.462 e. The molecular weight excluding hydrogens is 440 g/mol. The Morgan fingerprint density at radius 1 is 1.10 bits per heavy atom. The number of sulfonamides is 1. The summed E-state index contributed by atoms with van der Waals surface area (Å²) in [6, 6.07) is 7.96. The first kappa shape index (κ1) is 21.2. The van der Waals surface area contributed by atoms with Crippen molar-refractivity contribution in [2.75, 3.05) is 14.1 Å². The van der Waals surface area contributed by atoms with Crippen LogP contribution in [0, 0.1) is 0 Å². The van der Waals surface area contributed by atoms with E-state index >= 15 is 0 Å². The standard InChI is InChI=1S/C20H20N4O5S2/c1-4-23-15-8-7-14(31(27,28)22(2)3)10-16(15)24(20(26)19(23)25)11-13-12-30-18(21-13)17-6-5-9-29-17/h5-10,12H,4,11H2,1-3H3. The molecule has 0 saturated carbocycles. The van der Waals surface area contributed by atoms with Crippen LogP contribution >= 0.6 is 11.3 Å². The summed E-state index contributed by atoms with van der Waals surface area (Å²) < 4.78 is 34.3. The van der Waals surface area contributed by atoms with Crippen LogP contribution < -0.4 is 11.1 Å². The van der Waals surface area contributed by atoms with Gasteiger partial charge in [0.25, 0.3) is 0 Å². The Morgan fingerprint density at radius 3 is 2.48 bits per heavy atom. The fourth-order valence-corrected chi connectivity index (χ4v) is 4.99. The van der Waals surface area contributed by atoms with Gasteiger partial charge in [-0.25, -0.2) is 17.7 Å². The number of aromatic nitrogens is 3. The van der Waals surface area contributed by atoms with Crippen molar-refractivity contribution in [3.63, 3.8) is 0 Å². The highest BCUT2D eigenvalue weighted by Crippen LogP contribution is 2.25. The summed E-state index contributed by atoms with van der Waals surface area (Å²) in [7, 11) is -0.850. The van der Waals surface area contributed by atoms with E-state index in [4.69, 9.17) is 4.42 Å². The van der Waals surface area contributed by atoms with Gasteiger partial charge < -0.3 is 8.98 Å². The Hall–Kier alpha value is -3.02. The molecule has 0 aliphatic carbocycles. The van der Waals surface area contributed by atoms with E-state index in [9.17, 15) is 18.0 Å². The number of fused-ring (bicyclic) bond motifs is 1. The van der Waals surface area contributed by atoms with E-state index in [-0.39, 0.29) is 18.0 Å². The lowest BCUT2D eigenvalue weighted by Gasteiger charge is -2.16. The van der Waals surface area contributed by atoms with Crippen LogP contribution in [0.4, 0.5) is 0 Å². The summed E-state index contributed by atoms with van der Waals surface area (Å²) in [6.45, 7) is 2.06. The zero-order valence-corrected chi connectivity index (χ0v) is 18.7. The SMILES string of the molecule is CCn1c(=O)c(=O)n(Cc2csc(-c3ccco3)n2)c2cc(S(=O)(=O)N(C)C)ccc21. The number of furan rings is 1. The second kappa shape index (κ2) is 7.91. The number of nitrogens with zero attached hydrogens (tertiary/aromatic N) is 4.